The Labute approximate surface area is 197 Å². The lowest BCUT2D eigenvalue weighted by atomic mass is 10.1. The van der Waals surface area contributed by atoms with E-state index in [1.807, 2.05) is 44.2 Å². The Balaban J connectivity index is 1.51. The first-order valence-electron chi connectivity index (χ1n) is 11.2. The normalized spacial score (nSPS) is 16.5. The van der Waals surface area contributed by atoms with Gasteiger partial charge in [0.15, 0.2) is 0 Å². The summed E-state index contributed by atoms with van der Waals surface area (Å²) in [6.45, 7) is 8.52. The van der Waals surface area contributed by atoms with E-state index in [1.165, 1.54) is 20.2 Å². The molecule has 1 saturated heterocycles. The van der Waals surface area contributed by atoms with Crippen molar-refractivity contribution in [3.8, 4) is 5.75 Å². The van der Waals surface area contributed by atoms with Crippen molar-refractivity contribution in [2.75, 3.05) is 58.7 Å². The van der Waals surface area contributed by atoms with Crippen LogP contribution in [0.1, 0.15) is 12.5 Å². The fraction of sp³-hybridized carbons (Fsp3) is 0.458. The SMILES string of the molecule is Cc1ccc(S(=O)(=O)N(C)C)cc1NC(=O)[C@H](C)N1CCN(CCOc2ccccc2)CC1. The monoisotopic (exact) mass is 474 g/mol. The first-order valence-corrected chi connectivity index (χ1v) is 12.6. The first kappa shape index (κ1) is 25.2. The molecule has 0 aliphatic carbocycles. The van der Waals surface area contributed by atoms with Gasteiger partial charge in [-0.2, -0.15) is 0 Å². The number of hydrogen-bond donors (Lipinski definition) is 1. The number of aryl methyl sites for hydroxylation is 1. The van der Waals surface area contributed by atoms with E-state index in [4.69, 9.17) is 4.74 Å². The molecule has 0 unspecified atom stereocenters. The van der Waals surface area contributed by atoms with Crippen LogP contribution < -0.4 is 10.1 Å². The fourth-order valence-electron chi connectivity index (χ4n) is 3.69. The zero-order chi connectivity index (χ0) is 24.0. The molecule has 1 aliphatic heterocycles. The fourth-order valence-corrected chi connectivity index (χ4v) is 4.62. The molecule has 33 heavy (non-hydrogen) atoms. The van der Waals surface area contributed by atoms with Crippen LogP contribution in [-0.2, 0) is 14.8 Å². The molecule has 180 valence electrons. The van der Waals surface area contributed by atoms with E-state index in [-0.39, 0.29) is 16.8 Å². The standard InChI is InChI=1S/C24H34N4O4S/c1-19-10-11-22(33(30,31)26(3)4)18-23(19)25-24(29)20(2)28-14-12-27(13-15-28)16-17-32-21-8-6-5-7-9-21/h5-11,18,20H,12-17H2,1-4H3,(H,25,29)/t20-/m0/s1. The molecule has 0 bridgehead atoms. The van der Waals surface area contributed by atoms with Gasteiger partial charge in [-0.05, 0) is 43.7 Å². The number of carbonyl (C=O) groups excluding carboxylic acids is 1. The Kier molecular flexibility index (Phi) is 8.47. The highest BCUT2D eigenvalue weighted by molar-refractivity contribution is 7.89. The van der Waals surface area contributed by atoms with Crippen molar-refractivity contribution in [3.63, 3.8) is 0 Å². The number of ether oxygens (including phenoxy) is 1. The molecule has 0 aromatic heterocycles. The van der Waals surface area contributed by atoms with E-state index in [2.05, 4.69) is 15.1 Å². The third-order valence-electron chi connectivity index (χ3n) is 6.00. The van der Waals surface area contributed by atoms with Crippen LogP contribution in [0.5, 0.6) is 5.75 Å². The van der Waals surface area contributed by atoms with E-state index in [1.54, 1.807) is 12.1 Å². The number of anilines is 1. The average Bonchev–Trinajstić information content (AvgIpc) is 2.81. The summed E-state index contributed by atoms with van der Waals surface area (Å²) in [5.74, 6) is 0.734. The van der Waals surface area contributed by atoms with Crippen LogP contribution in [0, 0.1) is 6.92 Å². The van der Waals surface area contributed by atoms with Gasteiger partial charge in [0.2, 0.25) is 15.9 Å². The van der Waals surface area contributed by atoms with E-state index >= 15 is 0 Å². The van der Waals surface area contributed by atoms with Crippen molar-refractivity contribution in [1.29, 1.82) is 0 Å². The highest BCUT2D eigenvalue weighted by atomic mass is 32.2. The molecule has 1 aliphatic rings. The molecule has 2 aromatic rings. The van der Waals surface area contributed by atoms with Crippen molar-refractivity contribution >= 4 is 21.6 Å². The molecule has 0 radical (unpaired) electrons. The Bertz CT molecular complexity index is 1040. The molecule has 1 amide bonds. The van der Waals surface area contributed by atoms with Gasteiger partial charge in [-0.1, -0.05) is 24.3 Å². The minimum absolute atomic E-state index is 0.140. The summed E-state index contributed by atoms with van der Waals surface area (Å²) in [5.41, 5.74) is 1.34. The van der Waals surface area contributed by atoms with Crippen LogP contribution in [-0.4, -0.2) is 87.9 Å². The van der Waals surface area contributed by atoms with Crippen LogP contribution in [0.4, 0.5) is 5.69 Å². The van der Waals surface area contributed by atoms with Crippen LogP contribution >= 0.6 is 0 Å². The Morgan fingerprint density at radius 1 is 1.09 bits per heavy atom. The van der Waals surface area contributed by atoms with E-state index in [0.29, 0.717) is 12.3 Å². The minimum Gasteiger partial charge on any atom is -0.492 e. The van der Waals surface area contributed by atoms with Crippen molar-refractivity contribution in [3.05, 3.63) is 54.1 Å². The van der Waals surface area contributed by atoms with Crippen molar-refractivity contribution in [2.45, 2.75) is 24.8 Å². The molecule has 1 fully saturated rings. The maximum Gasteiger partial charge on any atom is 0.242 e. The topological polar surface area (TPSA) is 82.2 Å². The average molecular weight is 475 g/mol. The highest BCUT2D eigenvalue weighted by Gasteiger charge is 2.26. The molecule has 1 N–H and O–H groups in total. The summed E-state index contributed by atoms with van der Waals surface area (Å²) >= 11 is 0. The number of nitrogens with zero attached hydrogens (tertiary/aromatic N) is 3. The molecule has 2 aromatic carbocycles. The van der Waals surface area contributed by atoms with Gasteiger partial charge in [-0.3, -0.25) is 14.6 Å². The van der Waals surface area contributed by atoms with Crippen molar-refractivity contribution in [2.24, 2.45) is 0 Å². The number of para-hydroxylation sites is 1. The van der Waals surface area contributed by atoms with E-state index in [0.717, 1.165) is 48.3 Å². The highest BCUT2D eigenvalue weighted by Crippen LogP contribution is 2.22. The number of amides is 1. The lowest BCUT2D eigenvalue weighted by Crippen LogP contribution is -2.53. The molecule has 0 spiro atoms. The molecule has 3 rings (SSSR count). The van der Waals surface area contributed by atoms with Gasteiger partial charge in [0, 0.05) is 52.5 Å². The van der Waals surface area contributed by atoms with Crippen LogP contribution in [0.2, 0.25) is 0 Å². The predicted octanol–water partition coefficient (Wildman–Crippen LogP) is 2.27. The second kappa shape index (κ2) is 11.1. The zero-order valence-electron chi connectivity index (χ0n) is 19.8. The lowest BCUT2D eigenvalue weighted by molar-refractivity contribution is -0.121. The lowest BCUT2D eigenvalue weighted by Gasteiger charge is -2.37. The van der Waals surface area contributed by atoms with Crippen molar-refractivity contribution in [1.82, 2.24) is 14.1 Å². The summed E-state index contributed by atoms with van der Waals surface area (Å²) in [7, 11) is -0.590. The number of rotatable bonds is 9. The molecular formula is C24H34N4O4S. The predicted molar refractivity (Wildman–Crippen MR) is 130 cm³/mol. The number of sulfonamides is 1. The first-order chi connectivity index (χ1) is 15.7. The van der Waals surface area contributed by atoms with Gasteiger partial charge in [-0.15, -0.1) is 0 Å². The maximum absolute atomic E-state index is 12.9. The van der Waals surface area contributed by atoms with Gasteiger partial charge in [0.25, 0.3) is 0 Å². The van der Waals surface area contributed by atoms with Crippen LogP contribution in [0.15, 0.2) is 53.4 Å². The smallest absolute Gasteiger partial charge is 0.242 e. The van der Waals surface area contributed by atoms with Gasteiger partial charge in [0.1, 0.15) is 12.4 Å². The van der Waals surface area contributed by atoms with Gasteiger partial charge >= 0.3 is 0 Å². The van der Waals surface area contributed by atoms with E-state index < -0.39 is 10.0 Å². The Hall–Kier alpha value is -2.46. The number of nitrogens with one attached hydrogen (secondary N) is 1. The van der Waals surface area contributed by atoms with Gasteiger partial charge in [0.05, 0.1) is 10.9 Å². The van der Waals surface area contributed by atoms with E-state index in [9.17, 15) is 13.2 Å². The third kappa shape index (κ3) is 6.54. The minimum atomic E-state index is -3.57. The zero-order valence-corrected chi connectivity index (χ0v) is 20.6. The summed E-state index contributed by atoms with van der Waals surface area (Å²) in [5, 5.41) is 2.93. The van der Waals surface area contributed by atoms with Crippen LogP contribution in [0.3, 0.4) is 0 Å². The molecule has 8 nitrogen and oxygen atoms in total. The Morgan fingerprint density at radius 3 is 2.39 bits per heavy atom. The van der Waals surface area contributed by atoms with Gasteiger partial charge < -0.3 is 10.1 Å². The second-order valence-electron chi connectivity index (χ2n) is 8.47. The second-order valence-corrected chi connectivity index (χ2v) is 10.6. The molecule has 0 saturated carbocycles. The molecule has 1 atom stereocenters. The maximum atomic E-state index is 12.9. The third-order valence-corrected chi connectivity index (χ3v) is 7.81. The van der Waals surface area contributed by atoms with Gasteiger partial charge in [-0.25, -0.2) is 12.7 Å². The number of hydrogen-bond acceptors (Lipinski definition) is 6. The summed E-state index contributed by atoms with van der Waals surface area (Å²) < 4.78 is 31.8. The molecular weight excluding hydrogens is 440 g/mol. The molecule has 1 heterocycles. The quantitative estimate of drug-likeness (QED) is 0.601. The van der Waals surface area contributed by atoms with Crippen LogP contribution in [0.25, 0.3) is 0 Å². The largest absolute Gasteiger partial charge is 0.492 e. The number of carbonyl (C=O) groups is 1. The summed E-state index contributed by atoms with van der Waals surface area (Å²) in [4.78, 5) is 17.6. The Morgan fingerprint density at radius 2 is 1.76 bits per heavy atom. The number of piperazine rings is 1. The number of benzene rings is 2. The van der Waals surface area contributed by atoms with Crippen molar-refractivity contribution < 1.29 is 17.9 Å². The summed E-state index contributed by atoms with van der Waals surface area (Å²) in [6.07, 6.45) is 0. The summed E-state index contributed by atoms with van der Waals surface area (Å²) in [6, 6.07) is 14.3. The molecule has 9 heteroatoms.